The first kappa shape index (κ1) is 8.77. The first-order valence-corrected chi connectivity index (χ1v) is 5.45. The fourth-order valence-electron chi connectivity index (χ4n) is 2.36. The third-order valence-electron chi connectivity index (χ3n) is 3.48. The highest BCUT2D eigenvalue weighted by Crippen LogP contribution is 2.33. The Morgan fingerprint density at radius 2 is 2.13 bits per heavy atom. The van der Waals surface area contributed by atoms with Crippen molar-refractivity contribution in [3.05, 3.63) is 29.3 Å². The predicted molar refractivity (Wildman–Crippen MR) is 58.4 cm³/mol. The van der Waals surface area contributed by atoms with Gasteiger partial charge in [-0.05, 0) is 43.0 Å². The van der Waals surface area contributed by atoms with Gasteiger partial charge in [0.15, 0.2) is 0 Å². The molecule has 0 saturated heterocycles. The lowest BCUT2D eigenvalue weighted by atomic mass is 9.92. The van der Waals surface area contributed by atoms with E-state index >= 15 is 0 Å². The number of nitrogen functional groups attached to an aromatic ring is 1. The third kappa shape index (κ3) is 1.23. The monoisotopic (exact) mass is 202 g/mol. The molecule has 0 bridgehead atoms. The van der Waals surface area contributed by atoms with Gasteiger partial charge in [0.2, 0.25) is 0 Å². The molecular weight excluding hydrogens is 188 g/mol. The first-order valence-electron chi connectivity index (χ1n) is 5.45. The van der Waals surface area contributed by atoms with Gasteiger partial charge in [0.05, 0.1) is 0 Å². The fraction of sp³-hybridized carbons (Fsp3) is 0.417. The molecule has 0 aromatic heterocycles. The lowest BCUT2D eigenvalue weighted by molar-refractivity contribution is 0.0606. The number of hydrogen-bond donors (Lipinski definition) is 1. The standard InChI is InChI=1S/C12H14N2O/c13-9-4-5-11-8(6-9)7-14(12(11)15)10-2-1-3-10/h4-6,10H,1-3,7,13H2. The van der Waals surface area contributed by atoms with E-state index in [-0.39, 0.29) is 5.91 Å². The van der Waals surface area contributed by atoms with Crippen molar-refractivity contribution in [2.75, 3.05) is 5.73 Å². The van der Waals surface area contributed by atoms with Gasteiger partial charge in [-0.2, -0.15) is 0 Å². The van der Waals surface area contributed by atoms with Gasteiger partial charge in [-0.15, -0.1) is 0 Å². The molecule has 0 radical (unpaired) electrons. The molecule has 3 heteroatoms. The Morgan fingerprint density at radius 1 is 1.33 bits per heavy atom. The van der Waals surface area contributed by atoms with Gasteiger partial charge in [-0.3, -0.25) is 4.79 Å². The number of benzene rings is 1. The van der Waals surface area contributed by atoms with E-state index in [1.165, 1.54) is 6.42 Å². The SMILES string of the molecule is Nc1ccc2c(c1)CN(C1CCC1)C2=O. The number of fused-ring (bicyclic) bond motifs is 1. The predicted octanol–water partition coefficient (Wildman–Crippen LogP) is 1.78. The van der Waals surface area contributed by atoms with E-state index in [0.717, 1.165) is 36.2 Å². The maximum Gasteiger partial charge on any atom is 0.254 e. The van der Waals surface area contributed by atoms with Crippen LogP contribution in [0.25, 0.3) is 0 Å². The zero-order valence-electron chi connectivity index (χ0n) is 8.57. The zero-order valence-corrected chi connectivity index (χ0v) is 8.57. The number of nitrogens with two attached hydrogens (primary N) is 1. The smallest absolute Gasteiger partial charge is 0.254 e. The molecule has 1 aromatic carbocycles. The summed E-state index contributed by atoms with van der Waals surface area (Å²) in [4.78, 5) is 14.0. The summed E-state index contributed by atoms with van der Waals surface area (Å²) in [6.07, 6.45) is 3.58. The molecule has 0 atom stereocenters. The zero-order chi connectivity index (χ0) is 10.4. The van der Waals surface area contributed by atoms with E-state index in [2.05, 4.69) is 0 Å². The molecule has 1 aliphatic heterocycles. The third-order valence-corrected chi connectivity index (χ3v) is 3.48. The van der Waals surface area contributed by atoms with Crippen molar-refractivity contribution in [3.8, 4) is 0 Å². The molecule has 0 spiro atoms. The number of hydrogen-bond acceptors (Lipinski definition) is 2. The van der Waals surface area contributed by atoms with E-state index in [4.69, 9.17) is 5.73 Å². The number of nitrogens with zero attached hydrogens (tertiary/aromatic N) is 1. The average Bonchev–Trinajstić information content (AvgIpc) is 2.41. The van der Waals surface area contributed by atoms with Crippen LogP contribution in [0.3, 0.4) is 0 Å². The van der Waals surface area contributed by atoms with Gasteiger partial charge in [0.25, 0.3) is 5.91 Å². The minimum absolute atomic E-state index is 0.190. The summed E-state index contributed by atoms with van der Waals surface area (Å²) in [5.41, 5.74) is 8.40. The van der Waals surface area contributed by atoms with Crippen LogP contribution in [0.4, 0.5) is 5.69 Å². The van der Waals surface area contributed by atoms with Gasteiger partial charge in [-0.25, -0.2) is 0 Å². The molecule has 78 valence electrons. The van der Waals surface area contributed by atoms with Crippen LogP contribution in [-0.4, -0.2) is 16.8 Å². The molecule has 0 unspecified atom stereocenters. The Morgan fingerprint density at radius 3 is 2.80 bits per heavy atom. The van der Waals surface area contributed by atoms with Gasteiger partial charge in [0, 0.05) is 23.8 Å². The quantitative estimate of drug-likeness (QED) is 0.705. The van der Waals surface area contributed by atoms with Crippen LogP contribution in [0.2, 0.25) is 0 Å². The number of rotatable bonds is 1. The molecule has 2 N–H and O–H groups in total. The summed E-state index contributed by atoms with van der Waals surface area (Å²) in [5, 5.41) is 0. The van der Waals surface area contributed by atoms with E-state index in [0.29, 0.717) is 6.04 Å². The molecule has 1 aromatic rings. The van der Waals surface area contributed by atoms with Crippen molar-refractivity contribution in [3.63, 3.8) is 0 Å². The molecule has 1 amide bonds. The second-order valence-electron chi connectivity index (χ2n) is 4.43. The van der Waals surface area contributed by atoms with Crippen LogP contribution in [0.1, 0.15) is 35.2 Å². The van der Waals surface area contributed by atoms with Crippen molar-refractivity contribution >= 4 is 11.6 Å². The normalized spacial score (nSPS) is 20.3. The molecule has 1 fully saturated rings. The van der Waals surface area contributed by atoms with E-state index in [1.807, 2.05) is 17.0 Å². The minimum Gasteiger partial charge on any atom is -0.399 e. The average molecular weight is 202 g/mol. The fourth-order valence-corrected chi connectivity index (χ4v) is 2.36. The highest BCUT2D eigenvalue weighted by atomic mass is 16.2. The highest BCUT2D eigenvalue weighted by molar-refractivity contribution is 5.99. The Bertz CT molecular complexity index is 424. The van der Waals surface area contributed by atoms with Crippen LogP contribution in [-0.2, 0) is 6.54 Å². The van der Waals surface area contributed by atoms with Gasteiger partial charge in [-0.1, -0.05) is 0 Å². The molecule has 1 heterocycles. The summed E-state index contributed by atoms with van der Waals surface area (Å²) in [7, 11) is 0. The summed E-state index contributed by atoms with van der Waals surface area (Å²) in [5.74, 6) is 0.190. The molecule has 2 aliphatic rings. The minimum atomic E-state index is 0.190. The maximum absolute atomic E-state index is 12.0. The molecule has 1 saturated carbocycles. The molecule has 3 nitrogen and oxygen atoms in total. The topological polar surface area (TPSA) is 46.3 Å². The van der Waals surface area contributed by atoms with Gasteiger partial charge < -0.3 is 10.6 Å². The Labute approximate surface area is 88.9 Å². The number of carbonyl (C=O) groups is 1. The van der Waals surface area contributed by atoms with Crippen LogP contribution in [0, 0.1) is 0 Å². The molecule has 15 heavy (non-hydrogen) atoms. The van der Waals surface area contributed by atoms with Crippen molar-refractivity contribution in [2.24, 2.45) is 0 Å². The summed E-state index contributed by atoms with van der Waals surface area (Å²) in [6, 6.07) is 6.06. The van der Waals surface area contributed by atoms with Crippen LogP contribution >= 0.6 is 0 Å². The number of carbonyl (C=O) groups excluding carboxylic acids is 1. The van der Waals surface area contributed by atoms with E-state index < -0.39 is 0 Å². The Balaban J connectivity index is 1.94. The summed E-state index contributed by atoms with van der Waals surface area (Å²) < 4.78 is 0. The number of amides is 1. The maximum atomic E-state index is 12.0. The van der Waals surface area contributed by atoms with Gasteiger partial charge in [0.1, 0.15) is 0 Å². The second kappa shape index (κ2) is 2.99. The molecule has 1 aliphatic carbocycles. The first-order chi connectivity index (χ1) is 7.25. The van der Waals surface area contributed by atoms with E-state index in [1.54, 1.807) is 6.07 Å². The molecule has 3 rings (SSSR count). The van der Waals surface area contributed by atoms with Crippen LogP contribution < -0.4 is 5.73 Å². The van der Waals surface area contributed by atoms with Crippen molar-refractivity contribution < 1.29 is 4.79 Å². The Kier molecular flexibility index (Phi) is 1.75. The van der Waals surface area contributed by atoms with Crippen molar-refractivity contribution in [1.29, 1.82) is 0 Å². The number of anilines is 1. The lowest BCUT2D eigenvalue weighted by Crippen LogP contribution is -2.40. The van der Waals surface area contributed by atoms with Crippen molar-refractivity contribution in [2.45, 2.75) is 31.8 Å². The van der Waals surface area contributed by atoms with Crippen molar-refractivity contribution in [1.82, 2.24) is 4.90 Å². The lowest BCUT2D eigenvalue weighted by Gasteiger charge is -2.34. The van der Waals surface area contributed by atoms with Crippen LogP contribution in [0.5, 0.6) is 0 Å². The van der Waals surface area contributed by atoms with E-state index in [9.17, 15) is 4.79 Å². The largest absolute Gasteiger partial charge is 0.399 e. The summed E-state index contributed by atoms with van der Waals surface area (Å²) >= 11 is 0. The molecular formula is C12H14N2O. The highest BCUT2D eigenvalue weighted by Gasteiger charge is 2.35. The van der Waals surface area contributed by atoms with Crippen LogP contribution in [0.15, 0.2) is 18.2 Å². The van der Waals surface area contributed by atoms with Gasteiger partial charge >= 0.3 is 0 Å². The second-order valence-corrected chi connectivity index (χ2v) is 4.43. The Hall–Kier alpha value is -1.51. The summed E-state index contributed by atoms with van der Waals surface area (Å²) in [6.45, 7) is 0.754.